The van der Waals surface area contributed by atoms with Gasteiger partial charge >= 0.3 is 0 Å². The van der Waals surface area contributed by atoms with Crippen molar-refractivity contribution in [2.45, 2.75) is 6.54 Å². The molecule has 0 radical (unpaired) electrons. The van der Waals surface area contributed by atoms with Gasteiger partial charge in [-0.2, -0.15) is 0 Å². The highest BCUT2D eigenvalue weighted by molar-refractivity contribution is 6.35. The molecule has 7 heteroatoms. The summed E-state index contributed by atoms with van der Waals surface area (Å²) in [6, 6.07) is 9.33. The Labute approximate surface area is 163 Å². The first kappa shape index (κ1) is 17.8. The normalized spacial score (nSPS) is 15.3. The second-order valence-electron chi connectivity index (χ2n) is 6.56. The smallest absolute Gasteiger partial charge is 0.171 e. The van der Waals surface area contributed by atoms with E-state index < -0.39 is 0 Å². The minimum Gasteiger partial charge on any atom is -0.505 e. The lowest BCUT2D eigenvalue weighted by atomic mass is 10.1. The van der Waals surface area contributed by atoms with Crippen LogP contribution in [0.3, 0.4) is 0 Å². The average Bonchev–Trinajstić information content (AvgIpc) is 2.72. The summed E-state index contributed by atoms with van der Waals surface area (Å²) in [6.45, 7) is 4.03. The third-order valence-electron chi connectivity index (χ3n) is 4.93. The number of ether oxygens (including phenoxy) is 1. The molecule has 3 heterocycles. The lowest BCUT2D eigenvalue weighted by Gasteiger charge is -2.36. The fourth-order valence-corrected chi connectivity index (χ4v) is 3.78. The number of piperazine rings is 1. The van der Waals surface area contributed by atoms with Crippen molar-refractivity contribution in [1.29, 1.82) is 0 Å². The maximum absolute atomic E-state index is 10.6. The number of fused-ring (bicyclic) bond motifs is 1. The minimum absolute atomic E-state index is 0.212. The van der Waals surface area contributed by atoms with E-state index in [0.29, 0.717) is 17.1 Å². The van der Waals surface area contributed by atoms with Crippen LogP contribution in [0.2, 0.25) is 5.02 Å². The lowest BCUT2D eigenvalue weighted by Crippen LogP contribution is -2.46. The van der Waals surface area contributed by atoms with E-state index in [1.807, 2.05) is 30.3 Å². The number of phenols is 1. The van der Waals surface area contributed by atoms with Crippen LogP contribution in [-0.2, 0) is 6.54 Å². The van der Waals surface area contributed by atoms with Gasteiger partial charge in [-0.1, -0.05) is 11.6 Å². The second kappa shape index (κ2) is 7.58. The highest BCUT2D eigenvalue weighted by atomic mass is 35.5. The van der Waals surface area contributed by atoms with Gasteiger partial charge in [-0.3, -0.25) is 9.88 Å². The summed E-state index contributed by atoms with van der Waals surface area (Å²) in [5.41, 5.74) is 1.35. The third-order valence-corrected chi connectivity index (χ3v) is 5.24. The number of aromatic hydroxyl groups is 1. The van der Waals surface area contributed by atoms with Crippen molar-refractivity contribution < 1.29 is 9.84 Å². The molecule has 6 nitrogen and oxygen atoms in total. The quantitative estimate of drug-likeness (QED) is 0.744. The average molecular weight is 385 g/mol. The molecule has 0 bridgehead atoms. The van der Waals surface area contributed by atoms with Crippen molar-refractivity contribution in [3.8, 4) is 11.5 Å². The summed E-state index contributed by atoms with van der Waals surface area (Å²) in [5, 5.41) is 12.0. The number of methoxy groups -OCH3 is 1. The Balaban J connectivity index is 1.48. The Morgan fingerprint density at radius 1 is 1.11 bits per heavy atom. The predicted octanol–water partition coefficient (Wildman–Crippen LogP) is 3.32. The van der Waals surface area contributed by atoms with Crippen LogP contribution in [0.15, 0.2) is 42.7 Å². The van der Waals surface area contributed by atoms with Crippen molar-refractivity contribution >= 4 is 28.3 Å². The molecule has 1 saturated heterocycles. The molecule has 3 aromatic rings. The lowest BCUT2D eigenvalue weighted by molar-refractivity contribution is 0.245. The first-order chi connectivity index (χ1) is 13.2. The highest BCUT2D eigenvalue weighted by Crippen LogP contribution is 2.34. The Hall–Kier alpha value is -2.57. The Morgan fingerprint density at radius 2 is 1.85 bits per heavy atom. The van der Waals surface area contributed by atoms with Crippen LogP contribution in [0.1, 0.15) is 5.56 Å². The van der Waals surface area contributed by atoms with Gasteiger partial charge in [-0.25, -0.2) is 4.98 Å². The van der Waals surface area contributed by atoms with Crippen molar-refractivity contribution in [3.63, 3.8) is 0 Å². The summed E-state index contributed by atoms with van der Waals surface area (Å²) in [6.07, 6.45) is 3.45. The fraction of sp³-hybridized carbons (Fsp3) is 0.300. The summed E-state index contributed by atoms with van der Waals surface area (Å²) in [7, 11) is 1.66. The van der Waals surface area contributed by atoms with Crippen molar-refractivity contribution in [3.05, 3.63) is 53.3 Å². The van der Waals surface area contributed by atoms with E-state index in [9.17, 15) is 5.11 Å². The number of aromatic nitrogens is 2. The van der Waals surface area contributed by atoms with Gasteiger partial charge in [0.15, 0.2) is 11.6 Å². The molecule has 0 aliphatic carbocycles. The number of phenolic OH excluding ortho intramolecular Hbond substituents is 1. The molecule has 4 rings (SSSR count). The van der Waals surface area contributed by atoms with Gasteiger partial charge in [-0.15, -0.1) is 0 Å². The molecular formula is C20H21ClN4O2. The molecule has 0 saturated carbocycles. The van der Waals surface area contributed by atoms with Crippen LogP contribution < -0.4 is 9.64 Å². The Kier molecular flexibility index (Phi) is 5.01. The molecule has 1 N–H and O–H groups in total. The molecule has 0 atom stereocenters. The highest BCUT2D eigenvalue weighted by Gasteiger charge is 2.22. The third kappa shape index (κ3) is 3.50. The van der Waals surface area contributed by atoms with Crippen LogP contribution in [0.5, 0.6) is 11.5 Å². The molecule has 1 aliphatic rings. The standard InChI is InChI=1S/C20H21ClN4O2/c1-27-17-5-3-7-23-20(17)25-10-8-24(9-11-25)13-14-12-16(21)15-4-2-6-22-18(15)19(14)26/h2-7,12,26H,8-11,13H2,1H3. The van der Waals surface area contributed by atoms with Gasteiger partial charge < -0.3 is 14.7 Å². The van der Waals surface area contributed by atoms with Gasteiger partial charge in [0.05, 0.1) is 12.1 Å². The maximum Gasteiger partial charge on any atom is 0.171 e. The summed E-state index contributed by atoms with van der Waals surface area (Å²) in [4.78, 5) is 13.3. The molecule has 0 amide bonds. The second-order valence-corrected chi connectivity index (χ2v) is 6.97. The zero-order valence-electron chi connectivity index (χ0n) is 15.1. The van der Waals surface area contributed by atoms with Crippen molar-refractivity contribution in [2.24, 2.45) is 0 Å². The fourth-order valence-electron chi connectivity index (χ4n) is 3.50. The van der Waals surface area contributed by atoms with Gasteiger partial charge in [0, 0.05) is 56.1 Å². The number of halogens is 1. The first-order valence-corrected chi connectivity index (χ1v) is 9.26. The largest absolute Gasteiger partial charge is 0.505 e. The van der Waals surface area contributed by atoms with E-state index in [1.54, 1.807) is 19.5 Å². The zero-order chi connectivity index (χ0) is 18.8. The van der Waals surface area contributed by atoms with Crippen LogP contribution in [-0.4, -0.2) is 53.3 Å². The van der Waals surface area contributed by atoms with E-state index in [-0.39, 0.29) is 5.75 Å². The molecule has 140 valence electrons. The van der Waals surface area contributed by atoms with E-state index in [2.05, 4.69) is 19.8 Å². The van der Waals surface area contributed by atoms with Gasteiger partial charge in [0.25, 0.3) is 0 Å². The monoisotopic (exact) mass is 384 g/mol. The predicted molar refractivity (Wildman–Crippen MR) is 107 cm³/mol. The molecule has 0 spiro atoms. The van der Waals surface area contributed by atoms with Gasteiger partial charge in [-0.05, 0) is 30.3 Å². The number of hydrogen-bond acceptors (Lipinski definition) is 6. The molecular weight excluding hydrogens is 364 g/mol. The van der Waals surface area contributed by atoms with Crippen LogP contribution >= 0.6 is 11.6 Å². The van der Waals surface area contributed by atoms with E-state index in [1.165, 1.54) is 0 Å². The Morgan fingerprint density at radius 3 is 2.63 bits per heavy atom. The Bertz CT molecular complexity index is 958. The van der Waals surface area contributed by atoms with Crippen LogP contribution in [0.4, 0.5) is 5.82 Å². The number of nitrogens with zero attached hydrogens (tertiary/aromatic N) is 4. The SMILES string of the molecule is COc1cccnc1N1CCN(Cc2cc(Cl)c3cccnc3c2O)CC1. The van der Waals surface area contributed by atoms with Gasteiger partial charge in [0.1, 0.15) is 11.3 Å². The van der Waals surface area contributed by atoms with Crippen molar-refractivity contribution in [2.75, 3.05) is 38.2 Å². The number of rotatable bonds is 4. The zero-order valence-corrected chi connectivity index (χ0v) is 15.9. The molecule has 1 aliphatic heterocycles. The molecule has 27 heavy (non-hydrogen) atoms. The molecule has 1 fully saturated rings. The number of hydrogen-bond donors (Lipinski definition) is 1. The summed E-state index contributed by atoms with van der Waals surface area (Å²) in [5.74, 6) is 1.88. The maximum atomic E-state index is 10.6. The summed E-state index contributed by atoms with van der Waals surface area (Å²) >= 11 is 6.39. The summed E-state index contributed by atoms with van der Waals surface area (Å²) < 4.78 is 5.42. The van der Waals surface area contributed by atoms with Gasteiger partial charge in [0.2, 0.25) is 0 Å². The molecule has 2 aromatic heterocycles. The van der Waals surface area contributed by atoms with Crippen LogP contribution in [0.25, 0.3) is 10.9 Å². The van der Waals surface area contributed by atoms with E-state index >= 15 is 0 Å². The molecule has 0 unspecified atom stereocenters. The number of pyridine rings is 2. The topological polar surface area (TPSA) is 61.7 Å². The van der Waals surface area contributed by atoms with E-state index in [4.69, 9.17) is 16.3 Å². The van der Waals surface area contributed by atoms with E-state index in [0.717, 1.165) is 48.7 Å². The van der Waals surface area contributed by atoms with Crippen LogP contribution in [0, 0.1) is 0 Å². The number of benzene rings is 1. The first-order valence-electron chi connectivity index (χ1n) is 8.88. The minimum atomic E-state index is 0.212. The van der Waals surface area contributed by atoms with Crippen molar-refractivity contribution in [1.82, 2.24) is 14.9 Å². The number of anilines is 1. The molecule has 1 aromatic carbocycles.